The zero-order chi connectivity index (χ0) is 24.5. The van der Waals surface area contributed by atoms with Crippen molar-refractivity contribution < 1.29 is 18.0 Å². The lowest BCUT2D eigenvalue weighted by molar-refractivity contribution is -0.140. The lowest BCUT2D eigenvalue weighted by Crippen LogP contribution is -2.32. The van der Waals surface area contributed by atoms with Crippen molar-refractivity contribution >= 4 is 44.1 Å². The average molecular weight is 535 g/mol. The van der Waals surface area contributed by atoms with Gasteiger partial charge in [-0.3, -0.25) is 4.79 Å². The van der Waals surface area contributed by atoms with E-state index in [4.69, 9.17) is 5.73 Å². The number of pyridine rings is 1. The summed E-state index contributed by atoms with van der Waals surface area (Å²) in [7, 11) is 2.02. The minimum Gasteiger partial charge on any atom is -0.382 e. The highest BCUT2D eigenvalue weighted by atomic mass is 79.9. The van der Waals surface area contributed by atoms with Crippen LogP contribution in [-0.2, 0) is 6.18 Å². The Hall–Kier alpha value is -2.81. The van der Waals surface area contributed by atoms with E-state index in [0.717, 1.165) is 48.5 Å². The van der Waals surface area contributed by atoms with Crippen LogP contribution in [0.2, 0.25) is 0 Å². The number of rotatable bonds is 6. The largest absolute Gasteiger partial charge is 0.433 e. The molecular formula is C25H26BrF3N4O. The third kappa shape index (κ3) is 5.63. The maximum atomic E-state index is 13.4. The quantitative estimate of drug-likeness (QED) is 0.393. The summed E-state index contributed by atoms with van der Waals surface area (Å²) in [4.78, 5) is 17.2. The number of benzene rings is 2. The first-order valence-corrected chi connectivity index (χ1v) is 11.9. The summed E-state index contributed by atoms with van der Waals surface area (Å²) in [5.74, 6) is 0.0321. The summed E-state index contributed by atoms with van der Waals surface area (Å²) in [5.41, 5.74) is 6.70. The number of nitrogens with two attached hydrogens (primary N) is 1. The van der Waals surface area contributed by atoms with E-state index < -0.39 is 17.8 Å². The number of hydrogen-bond acceptors (Lipinski definition) is 4. The first kappa shape index (κ1) is 24.3. The molecule has 1 aromatic heterocycles. The van der Waals surface area contributed by atoms with E-state index in [1.807, 2.05) is 19.2 Å². The normalized spacial score (nSPS) is 18.6. The van der Waals surface area contributed by atoms with Gasteiger partial charge in [0, 0.05) is 46.4 Å². The van der Waals surface area contributed by atoms with Gasteiger partial charge >= 0.3 is 6.18 Å². The third-order valence-electron chi connectivity index (χ3n) is 6.39. The van der Waals surface area contributed by atoms with Gasteiger partial charge in [-0.05, 0) is 80.1 Å². The summed E-state index contributed by atoms with van der Waals surface area (Å²) >= 11 is 3.41. The summed E-state index contributed by atoms with van der Waals surface area (Å²) in [6.45, 7) is 0.867. The zero-order valence-electron chi connectivity index (χ0n) is 18.7. The molecule has 1 aliphatic carbocycles. The van der Waals surface area contributed by atoms with Crippen LogP contribution in [0.5, 0.6) is 0 Å². The Kier molecular flexibility index (Phi) is 7.02. The fraction of sp³-hybridized carbons (Fsp3) is 0.360. The van der Waals surface area contributed by atoms with E-state index >= 15 is 0 Å². The molecule has 2 aromatic carbocycles. The van der Waals surface area contributed by atoms with Gasteiger partial charge in [-0.2, -0.15) is 13.2 Å². The van der Waals surface area contributed by atoms with E-state index in [0.29, 0.717) is 28.1 Å². The Morgan fingerprint density at radius 2 is 1.79 bits per heavy atom. The molecule has 0 spiro atoms. The second-order valence-corrected chi connectivity index (χ2v) is 9.78. The standard InChI is InChI=1S/C25H26BrF3N4O/c1-33(19-9-4-16(5-10-19)24(30)34)14-15-2-7-18(8-3-15)31-22-13-23(25(27,28)29)32-21-11-6-17(26)12-20(21)22/h4-6,9-13,15,18H,2-3,7-8,14H2,1H3,(H2,30,34)(H,31,32). The Bertz CT molecular complexity index is 1180. The fourth-order valence-electron chi connectivity index (χ4n) is 4.54. The van der Waals surface area contributed by atoms with E-state index in [1.165, 1.54) is 0 Å². The van der Waals surface area contributed by atoms with Crippen molar-refractivity contribution in [1.82, 2.24) is 4.98 Å². The lowest BCUT2D eigenvalue weighted by Gasteiger charge is -2.33. The lowest BCUT2D eigenvalue weighted by atomic mass is 9.85. The Morgan fingerprint density at radius 3 is 2.41 bits per heavy atom. The number of primary amides is 1. The molecule has 3 N–H and O–H groups in total. The average Bonchev–Trinajstić information content (AvgIpc) is 2.80. The number of nitrogens with one attached hydrogen (secondary N) is 1. The summed E-state index contributed by atoms with van der Waals surface area (Å²) < 4.78 is 41.0. The number of carbonyl (C=O) groups excluding carboxylic acids is 1. The molecule has 1 aliphatic rings. The Labute approximate surface area is 204 Å². The highest BCUT2D eigenvalue weighted by Crippen LogP contribution is 2.36. The number of nitrogens with zero attached hydrogens (tertiary/aromatic N) is 2. The van der Waals surface area contributed by atoms with Crippen molar-refractivity contribution in [1.29, 1.82) is 0 Å². The molecule has 34 heavy (non-hydrogen) atoms. The highest BCUT2D eigenvalue weighted by molar-refractivity contribution is 9.10. The van der Waals surface area contributed by atoms with Crippen LogP contribution in [-0.4, -0.2) is 30.5 Å². The minimum absolute atomic E-state index is 0.0991. The molecule has 0 atom stereocenters. The summed E-state index contributed by atoms with van der Waals surface area (Å²) in [5, 5.41) is 4.04. The number of hydrogen-bond donors (Lipinski definition) is 2. The predicted octanol–water partition coefficient (Wildman–Crippen LogP) is 6.22. The van der Waals surface area contributed by atoms with Gasteiger partial charge in [-0.25, -0.2) is 4.98 Å². The van der Waals surface area contributed by atoms with E-state index in [1.54, 1.807) is 30.3 Å². The molecule has 4 rings (SSSR count). The molecule has 9 heteroatoms. The van der Waals surface area contributed by atoms with Crippen LogP contribution in [0.3, 0.4) is 0 Å². The first-order valence-electron chi connectivity index (χ1n) is 11.1. The van der Waals surface area contributed by atoms with Crippen LogP contribution in [0.25, 0.3) is 10.9 Å². The van der Waals surface area contributed by atoms with Crippen molar-refractivity contribution in [3.63, 3.8) is 0 Å². The topological polar surface area (TPSA) is 71.2 Å². The Balaban J connectivity index is 1.41. The number of anilines is 2. The minimum atomic E-state index is -4.50. The van der Waals surface area contributed by atoms with E-state index in [2.05, 4.69) is 31.1 Å². The maximum absolute atomic E-state index is 13.4. The van der Waals surface area contributed by atoms with Crippen molar-refractivity contribution in [3.05, 3.63) is 64.3 Å². The van der Waals surface area contributed by atoms with Gasteiger partial charge in [-0.1, -0.05) is 15.9 Å². The molecule has 0 bridgehead atoms. The van der Waals surface area contributed by atoms with Crippen LogP contribution >= 0.6 is 15.9 Å². The van der Waals surface area contributed by atoms with Crippen molar-refractivity contribution in [3.8, 4) is 0 Å². The summed E-state index contributed by atoms with van der Waals surface area (Å²) in [6, 6.07) is 13.5. The molecule has 3 aromatic rings. The zero-order valence-corrected chi connectivity index (χ0v) is 20.3. The predicted molar refractivity (Wildman–Crippen MR) is 132 cm³/mol. The smallest absolute Gasteiger partial charge is 0.382 e. The molecule has 180 valence electrons. The van der Waals surface area contributed by atoms with Gasteiger partial charge < -0.3 is 16.0 Å². The maximum Gasteiger partial charge on any atom is 0.433 e. The first-order chi connectivity index (χ1) is 16.1. The van der Waals surface area contributed by atoms with Crippen LogP contribution in [0.15, 0.2) is 53.0 Å². The van der Waals surface area contributed by atoms with Crippen molar-refractivity contribution in [2.75, 3.05) is 23.8 Å². The number of aromatic nitrogens is 1. The molecule has 0 unspecified atom stereocenters. The number of carbonyl (C=O) groups is 1. The molecular weight excluding hydrogens is 509 g/mol. The highest BCUT2D eigenvalue weighted by Gasteiger charge is 2.34. The molecule has 0 aliphatic heterocycles. The van der Waals surface area contributed by atoms with E-state index in [-0.39, 0.29) is 6.04 Å². The molecule has 0 radical (unpaired) electrons. The summed E-state index contributed by atoms with van der Waals surface area (Å²) in [6.07, 6.45) is -0.813. The van der Waals surface area contributed by atoms with Crippen LogP contribution < -0.4 is 16.0 Å². The van der Waals surface area contributed by atoms with E-state index in [9.17, 15) is 18.0 Å². The van der Waals surface area contributed by atoms with Gasteiger partial charge in [0.2, 0.25) is 5.91 Å². The van der Waals surface area contributed by atoms with Gasteiger partial charge in [0.15, 0.2) is 0 Å². The third-order valence-corrected chi connectivity index (χ3v) is 6.89. The molecule has 5 nitrogen and oxygen atoms in total. The molecule has 1 fully saturated rings. The van der Waals surface area contributed by atoms with Crippen molar-refractivity contribution in [2.45, 2.75) is 37.9 Å². The van der Waals surface area contributed by atoms with Crippen LogP contribution in [0.4, 0.5) is 24.5 Å². The SMILES string of the molecule is CN(CC1CCC(Nc2cc(C(F)(F)F)nc3ccc(Br)cc23)CC1)c1ccc(C(N)=O)cc1. The molecule has 0 saturated heterocycles. The number of alkyl halides is 3. The second-order valence-electron chi connectivity index (χ2n) is 8.87. The Morgan fingerprint density at radius 1 is 1.12 bits per heavy atom. The second kappa shape index (κ2) is 9.82. The number of amides is 1. The van der Waals surface area contributed by atoms with Gasteiger partial charge in [0.1, 0.15) is 5.69 Å². The van der Waals surface area contributed by atoms with Gasteiger partial charge in [0.05, 0.1) is 5.52 Å². The molecule has 1 amide bonds. The molecule has 1 saturated carbocycles. The van der Waals surface area contributed by atoms with Crippen molar-refractivity contribution in [2.24, 2.45) is 11.7 Å². The van der Waals surface area contributed by atoms with Crippen LogP contribution in [0.1, 0.15) is 41.7 Å². The van der Waals surface area contributed by atoms with Crippen LogP contribution in [0, 0.1) is 5.92 Å². The fourth-order valence-corrected chi connectivity index (χ4v) is 4.91. The number of halogens is 4. The number of fused-ring (bicyclic) bond motifs is 1. The molecule has 1 heterocycles. The van der Waals surface area contributed by atoms with Gasteiger partial charge in [0.25, 0.3) is 0 Å². The van der Waals surface area contributed by atoms with Gasteiger partial charge in [-0.15, -0.1) is 0 Å². The monoisotopic (exact) mass is 534 g/mol.